The molecule has 0 bridgehead atoms. The fourth-order valence-electron chi connectivity index (χ4n) is 3.48. The van der Waals surface area contributed by atoms with E-state index in [-0.39, 0.29) is 11.7 Å². The molecule has 4 nitrogen and oxygen atoms in total. The summed E-state index contributed by atoms with van der Waals surface area (Å²) in [4.78, 5) is 12.0. The third kappa shape index (κ3) is 3.38. The lowest BCUT2D eigenvalue weighted by Gasteiger charge is -2.15. The van der Waals surface area contributed by atoms with Crippen LogP contribution in [0.4, 0.5) is 0 Å². The van der Waals surface area contributed by atoms with Crippen LogP contribution >= 0.6 is 0 Å². The molecule has 1 aliphatic heterocycles. The van der Waals surface area contributed by atoms with E-state index in [0.717, 1.165) is 37.9 Å². The Bertz CT molecular complexity index is 503. The van der Waals surface area contributed by atoms with Gasteiger partial charge in [-0.2, -0.15) is 0 Å². The first kappa shape index (κ1) is 14.4. The van der Waals surface area contributed by atoms with Crippen molar-refractivity contribution in [2.45, 2.75) is 44.4 Å². The number of para-hydroxylation sites is 1. The summed E-state index contributed by atoms with van der Waals surface area (Å²) in [6.45, 7) is 1.85. The molecule has 1 saturated heterocycles. The van der Waals surface area contributed by atoms with Crippen LogP contribution in [0.15, 0.2) is 18.2 Å². The zero-order chi connectivity index (χ0) is 14.7. The zero-order valence-electron chi connectivity index (χ0n) is 12.3. The van der Waals surface area contributed by atoms with Crippen LogP contribution in [0.5, 0.6) is 11.5 Å². The van der Waals surface area contributed by atoms with Crippen molar-refractivity contribution < 1.29 is 14.6 Å². The molecular formula is C17H23NO3. The number of ether oxygens (including phenoxy) is 1. The highest BCUT2D eigenvalue weighted by Crippen LogP contribution is 2.42. The highest BCUT2D eigenvalue weighted by molar-refractivity contribution is 5.73. The van der Waals surface area contributed by atoms with E-state index in [1.807, 2.05) is 12.1 Å². The van der Waals surface area contributed by atoms with Gasteiger partial charge in [0.25, 0.3) is 0 Å². The Hall–Kier alpha value is -1.55. The second-order valence-corrected chi connectivity index (χ2v) is 6.21. The normalized spacial score (nSPS) is 22.6. The molecule has 2 fully saturated rings. The topological polar surface area (TPSA) is 58.6 Å². The largest absolute Gasteiger partial charge is 0.504 e. The molecule has 4 heteroatoms. The van der Waals surface area contributed by atoms with E-state index in [4.69, 9.17) is 4.74 Å². The Morgan fingerprint density at radius 3 is 2.81 bits per heavy atom. The van der Waals surface area contributed by atoms with E-state index in [1.54, 1.807) is 6.07 Å². The van der Waals surface area contributed by atoms with Crippen molar-refractivity contribution in [3.8, 4) is 11.5 Å². The summed E-state index contributed by atoms with van der Waals surface area (Å²) in [6, 6.07) is 5.50. The third-order valence-corrected chi connectivity index (χ3v) is 4.67. The molecule has 1 aliphatic carbocycles. The molecule has 114 valence electrons. The molecule has 21 heavy (non-hydrogen) atoms. The number of esters is 1. The Balaban J connectivity index is 1.67. The number of nitrogens with one attached hydrogen (secondary N) is 1. The summed E-state index contributed by atoms with van der Waals surface area (Å²) in [5.41, 5.74) is 0.931. The molecule has 2 N–H and O–H groups in total. The molecule has 0 spiro atoms. The summed E-state index contributed by atoms with van der Waals surface area (Å²) >= 11 is 0. The molecule has 1 atom stereocenters. The van der Waals surface area contributed by atoms with Gasteiger partial charge in [0.05, 0.1) is 6.42 Å². The minimum Gasteiger partial charge on any atom is -0.504 e. The molecule has 1 saturated carbocycles. The highest BCUT2D eigenvalue weighted by atomic mass is 16.5. The number of phenolic OH excluding ortho intramolecular Hbond substituents is 1. The van der Waals surface area contributed by atoms with Crippen LogP contribution in [0.2, 0.25) is 0 Å². The van der Waals surface area contributed by atoms with Crippen molar-refractivity contribution in [1.82, 2.24) is 5.32 Å². The van der Waals surface area contributed by atoms with Gasteiger partial charge in [0.15, 0.2) is 11.5 Å². The summed E-state index contributed by atoms with van der Waals surface area (Å²) in [6.07, 6.45) is 6.08. The number of carbonyl (C=O) groups excluding carboxylic acids is 1. The van der Waals surface area contributed by atoms with Gasteiger partial charge in [-0.25, -0.2) is 0 Å². The summed E-state index contributed by atoms with van der Waals surface area (Å²) in [5.74, 6) is 0.987. The van der Waals surface area contributed by atoms with Gasteiger partial charge in [0.2, 0.25) is 0 Å². The number of aromatic hydroxyl groups is 1. The third-order valence-electron chi connectivity index (χ3n) is 4.67. The number of phenols is 1. The van der Waals surface area contributed by atoms with E-state index >= 15 is 0 Å². The average molecular weight is 289 g/mol. The predicted molar refractivity (Wildman–Crippen MR) is 80.5 cm³/mol. The standard InChI is InChI=1S/C17H23NO3/c19-16(10-12-8-9-18-11-12)21-15-7-3-6-14(17(15)20)13-4-1-2-5-13/h3,6-7,12-13,18,20H,1-2,4-5,8-11H2/t12-/m0/s1. The van der Waals surface area contributed by atoms with Crippen LogP contribution in [-0.4, -0.2) is 24.2 Å². The van der Waals surface area contributed by atoms with Crippen LogP contribution in [0.25, 0.3) is 0 Å². The maximum absolute atomic E-state index is 12.0. The molecule has 2 aliphatic rings. The zero-order valence-corrected chi connectivity index (χ0v) is 12.3. The van der Waals surface area contributed by atoms with Crippen molar-refractivity contribution in [1.29, 1.82) is 0 Å². The van der Waals surface area contributed by atoms with E-state index in [9.17, 15) is 9.90 Å². The van der Waals surface area contributed by atoms with E-state index in [1.165, 1.54) is 12.8 Å². The fraction of sp³-hybridized carbons (Fsp3) is 0.588. The molecule has 3 rings (SSSR count). The number of benzene rings is 1. The fourth-order valence-corrected chi connectivity index (χ4v) is 3.48. The van der Waals surface area contributed by atoms with Crippen molar-refractivity contribution >= 4 is 5.97 Å². The number of hydrogen-bond donors (Lipinski definition) is 2. The molecule has 0 aromatic heterocycles. The van der Waals surface area contributed by atoms with Crippen molar-refractivity contribution in [2.24, 2.45) is 5.92 Å². The second-order valence-electron chi connectivity index (χ2n) is 6.21. The smallest absolute Gasteiger partial charge is 0.311 e. The highest BCUT2D eigenvalue weighted by Gasteiger charge is 2.24. The first-order valence-electron chi connectivity index (χ1n) is 7.97. The second kappa shape index (κ2) is 6.48. The van der Waals surface area contributed by atoms with Crippen molar-refractivity contribution in [2.75, 3.05) is 13.1 Å². The first-order chi connectivity index (χ1) is 10.2. The van der Waals surface area contributed by atoms with Gasteiger partial charge in [-0.05, 0) is 50.3 Å². The van der Waals surface area contributed by atoms with Crippen LogP contribution in [0.1, 0.15) is 50.0 Å². The maximum Gasteiger partial charge on any atom is 0.311 e. The molecule has 1 aromatic rings. The van der Waals surface area contributed by atoms with Gasteiger partial charge in [-0.1, -0.05) is 25.0 Å². The molecule has 0 radical (unpaired) electrons. The van der Waals surface area contributed by atoms with Crippen molar-refractivity contribution in [3.05, 3.63) is 23.8 Å². The maximum atomic E-state index is 12.0. The molecular weight excluding hydrogens is 266 g/mol. The lowest BCUT2D eigenvalue weighted by Crippen LogP contribution is -2.16. The monoisotopic (exact) mass is 289 g/mol. The minimum atomic E-state index is -0.248. The van der Waals surface area contributed by atoms with Gasteiger partial charge in [-0.15, -0.1) is 0 Å². The van der Waals surface area contributed by atoms with Crippen LogP contribution in [0, 0.1) is 5.92 Å². The summed E-state index contributed by atoms with van der Waals surface area (Å²) < 4.78 is 5.39. The SMILES string of the molecule is O=C(C[C@@H]1CCNC1)Oc1cccc(C2CCCC2)c1O. The Labute approximate surface area is 125 Å². The van der Waals surface area contributed by atoms with Gasteiger partial charge in [0, 0.05) is 5.56 Å². The van der Waals surface area contributed by atoms with Gasteiger partial charge in [0.1, 0.15) is 0 Å². The van der Waals surface area contributed by atoms with E-state index in [0.29, 0.717) is 24.0 Å². The van der Waals surface area contributed by atoms with Crippen LogP contribution < -0.4 is 10.1 Å². The average Bonchev–Trinajstić information content (AvgIpc) is 3.14. The van der Waals surface area contributed by atoms with E-state index < -0.39 is 0 Å². The molecule has 1 aromatic carbocycles. The lowest BCUT2D eigenvalue weighted by atomic mass is 9.96. The number of rotatable bonds is 4. The Morgan fingerprint density at radius 1 is 1.29 bits per heavy atom. The number of carbonyl (C=O) groups is 1. The van der Waals surface area contributed by atoms with Crippen LogP contribution in [0.3, 0.4) is 0 Å². The summed E-state index contributed by atoms with van der Waals surface area (Å²) in [5, 5.41) is 13.6. The number of hydrogen-bond acceptors (Lipinski definition) is 4. The molecule has 0 amide bonds. The van der Waals surface area contributed by atoms with Gasteiger partial charge < -0.3 is 15.2 Å². The van der Waals surface area contributed by atoms with Gasteiger partial charge in [-0.3, -0.25) is 4.79 Å². The van der Waals surface area contributed by atoms with Gasteiger partial charge >= 0.3 is 5.97 Å². The van der Waals surface area contributed by atoms with Crippen LogP contribution in [-0.2, 0) is 4.79 Å². The van der Waals surface area contributed by atoms with E-state index in [2.05, 4.69) is 5.32 Å². The lowest BCUT2D eigenvalue weighted by molar-refractivity contribution is -0.135. The van der Waals surface area contributed by atoms with Crippen molar-refractivity contribution in [3.63, 3.8) is 0 Å². The first-order valence-corrected chi connectivity index (χ1v) is 7.97. The molecule has 1 heterocycles. The Kier molecular flexibility index (Phi) is 4.44. The minimum absolute atomic E-state index is 0.155. The predicted octanol–water partition coefficient (Wildman–Crippen LogP) is 2.95. The molecule has 0 unspecified atom stereocenters. The Morgan fingerprint density at radius 2 is 2.10 bits per heavy atom. The quantitative estimate of drug-likeness (QED) is 0.661. The summed E-state index contributed by atoms with van der Waals surface area (Å²) in [7, 11) is 0.